The Kier molecular flexibility index (Phi) is 4.15. The van der Waals surface area contributed by atoms with Crippen molar-refractivity contribution in [2.24, 2.45) is 0 Å². The van der Waals surface area contributed by atoms with Gasteiger partial charge in [0.2, 0.25) is 0 Å². The zero-order chi connectivity index (χ0) is 12.1. The van der Waals surface area contributed by atoms with Crippen LogP contribution in [0.5, 0.6) is 0 Å². The summed E-state index contributed by atoms with van der Waals surface area (Å²) in [4.78, 5) is 4.53. The van der Waals surface area contributed by atoms with Crippen molar-refractivity contribution in [3.63, 3.8) is 0 Å². The van der Waals surface area contributed by atoms with E-state index in [0.717, 1.165) is 44.9 Å². The summed E-state index contributed by atoms with van der Waals surface area (Å²) < 4.78 is 0. The molecule has 0 radical (unpaired) electrons. The van der Waals surface area contributed by atoms with Gasteiger partial charge in [-0.3, -0.25) is 5.41 Å². The summed E-state index contributed by atoms with van der Waals surface area (Å²) >= 11 is 0. The number of rotatable bonds is 3. The third-order valence-corrected chi connectivity index (χ3v) is 3.38. The zero-order valence-corrected chi connectivity index (χ0v) is 10.5. The van der Waals surface area contributed by atoms with Gasteiger partial charge in [-0.05, 0) is 19.0 Å². The van der Waals surface area contributed by atoms with Crippen LogP contribution in [0.25, 0.3) is 0 Å². The van der Waals surface area contributed by atoms with E-state index in [1.807, 2.05) is 6.07 Å². The van der Waals surface area contributed by atoms with E-state index in [2.05, 4.69) is 41.1 Å². The van der Waals surface area contributed by atoms with E-state index in [1.54, 1.807) is 0 Å². The first-order valence-corrected chi connectivity index (χ1v) is 6.30. The summed E-state index contributed by atoms with van der Waals surface area (Å²) in [7, 11) is 2.14. The van der Waals surface area contributed by atoms with Crippen LogP contribution in [-0.2, 0) is 6.42 Å². The van der Waals surface area contributed by atoms with Crippen LogP contribution in [0.1, 0.15) is 12.0 Å². The molecular formula is C14H21N3. The standard InChI is InChI=1S/C14H21N3/c1-16-9-11-17(12-10-16)14(15)8-7-13-5-3-2-4-6-13/h2-6,15H,7-12H2,1H3. The van der Waals surface area contributed by atoms with Gasteiger partial charge in [-0.15, -0.1) is 0 Å². The maximum absolute atomic E-state index is 8.11. The number of nitrogens with one attached hydrogen (secondary N) is 1. The summed E-state index contributed by atoms with van der Waals surface area (Å²) in [6.45, 7) is 4.16. The molecule has 1 aliphatic heterocycles. The SMILES string of the molecule is CN1CCN(C(=N)CCc2ccccc2)CC1. The van der Waals surface area contributed by atoms with Gasteiger partial charge in [0.15, 0.2) is 0 Å². The van der Waals surface area contributed by atoms with Crippen LogP contribution in [0.2, 0.25) is 0 Å². The quantitative estimate of drug-likeness (QED) is 0.635. The molecule has 1 aliphatic rings. The number of amidine groups is 1. The predicted octanol–water partition coefficient (Wildman–Crippen LogP) is 1.84. The van der Waals surface area contributed by atoms with Crippen LogP contribution in [-0.4, -0.2) is 48.9 Å². The maximum atomic E-state index is 8.11. The van der Waals surface area contributed by atoms with Crippen molar-refractivity contribution in [2.45, 2.75) is 12.8 Å². The molecular weight excluding hydrogens is 210 g/mol. The molecule has 0 spiro atoms. The van der Waals surface area contributed by atoms with Crippen molar-refractivity contribution >= 4 is 5.84 Å². The summed E-state index contributed by atoms with van der Waals surface area (Å²) in [6, 6.07) is 10.4. The van der Waals surface area contributed by atoms with Gasteiger partial charge in [0.1, 0.15) is 0 Å². The first-order valence-electron chi connectivity index (χ1n) is 6.30. The van der Waals surface area contributed by atoms with E-state index in [4.69, 9.17) is 5.41 Å². The summed E-state index contributed by atoms with van der Waals surface area (Å²) in [5, 5.41) is 8.11. The van der Waals surface area contributed by atoms with Crippen molar-refractivity contribution < 1.29 is 0 Å². The van der Waals surface area contributed by atoms with E-state index < -0.39 is 0 Å². The van der Waals surface area contributed by atoms with Gasteiger partial charge in [-0.25, -0.2) is 0 Å². The molecule has 1 aromatic rings. The molecule has 2 rings (SSSR count). The van der Waals surface area contributed by atoms with Crippen molar-refractivity contribution in [1.29, 1.82) is 5.41 Å². The van der Waals surface area contributed by atoms with Crippen LogP contribution in [0.15, 0.2) is 30.3 Å². The van der Waals surface area contributed by atoms with Gasteiger partial charge < -0.3 is 9.80 Å². The van der Waals surface area contributed by atoms with Gasteiger partial charge in [0.25, 0.3) is 0 Å². The normalized spacial score (nSPS) is 17.1. The van der Waals surface area contributed by atoms with E-state index >= 15 is 0 Å². The zero-order valence-electron chi connectivity index (χ0n) is 10.5. The molecule has 3 heteroatoms. The minimum Gasteiger partial charge on any atom is -0.358 e. The van der Waals surface area contributed by atoms with E-state index in [0.29, 0.717) is 0 Å². The van der Waals surface area contributed by atoms with Crippen LogP contribution in [0.3, 0.4) is 0 Å². The van der Waals surface area contributed by atoms with E-state index in [-0.39, 0.29) is 0 Å². The lowest BCUT2D eigenvalue weighted by Crippen LogP contribution is -2.46. The Bertz CT molecular complexity index is 353. The molecule has 1 heterocycles. The molecule has 0 amide bonds. The summed E-state index contributed by atoms with van der Waals surface area (Å²) in [5.74, 6) is 0.793. The van der Waals surface area contributed by atoms with Gasteiger partial charge in [0.05, 0.1) is 5.84 Å². The molecule has 0 bridgehead atoms. The highest BCUT2D eigenvalue weighted by Crippen LogP contribution is 2.07. The van der Waals surface area contributed by atoms with Crippen LogP contribution >= 0.6 is 0 Å². The topological polar surface area (TPSA) is 30.3 Å². The van der Waals surface area contributed by atoms with Gasteiger partial charge in [0, 0.05) is 32.6 Å². The minimum absolute atomic E-state index is 0.793. The average molecular weight is 231 g/mol. The Hall–Kier alpha value is -1.35. The highest BCUT2D eigenvalue weighted by molar-refractivity contribution is 5.79. The lowest BCUT2D eigenvalue weighted by Gasteiger charge is -2.34. The number of likely N-dealkylation sites (N-methyl/N-ethyl adjacent to an activating group) is 1. The van der Waals surface area contributed by atoms with Gasteiger partial charge in [-0.1, -0.05) is 30.3 Å². The third-order valence-electron chi connectivity index (χ3n) is 3.38. The Morgan fingerprint density at radius 2 is 1.76 bits per heavy atom. The Morgan fingerprint density at radius 3 is 2.41 bits per heavy atom. The Balaban J connectivity index is 1.78. The van der Waals surface area contributed by atoms with Gasteiger partial charge >= 0.3 is 0 Å². The monoisotopic (exact) mass is 231 g/mol. The minimum atomic E-state index is 0.793. The lowest BCUT2D eigenvalue weighted by molar-refractivity contribution is 0.212. The van der Waals surface area contributed by atoms with Crippen molar-refractivity contribution in [1.82, 2.24) is 9.80 Å². The van der Waals surface area contributed by atoms with E-state index in [1.165, 1.54) is 5.56 Å². The van der Waals surface area contributed by atoms with Crippen molar-refractivity contribution in [2.75, 3.05) is 33.2 Å². The molecule has 0 aliphatic carbocycles. The highest BCUT2D eigenvalue weighted by atomic mass is 15.3. The third kappa shape index (κ3) is 3.56. The number of aryl methyl sites for hydroxylation is 1. The molecule has 3 nitrogen and oxygen atoms in total. The Morgan fingerprint density at radius 1 is 1.12 bits per heavy atom. The van der Waals surface area contributed by atoms with Crippen molar-refractivity contribution in [3.05, 3.63) is 35.9 Å². The largest absolute Gasteiger partial charge is 0.358 e. The average Bonchev–Trinajstić information content (AvgIpc) is 2.38. The smallest absolute Gasteiger partial charge is 0.0961 e. The second kappa shape index (κ2) is 5.82. The van der Waals surface area contributed by atoms with E-state index in [9.17, 15) is 0 Å². The second-order valence-electron chi connectivity index (χ2n) is 4.72. The highest BCUT2D eigenvalue weighted by Gasteiger charge is 2.15. The number of nitrogens with zero attached hydrogens (tertiary/aromatic N) is 2. The van der Waals surface area contributed by atoms with Crippen LogP contribution in [0.4, 0.5) is 0 Å². The molecule has 1 aromatic carbocycles. The number of hydrogen-bond acceptors (Lipinski definition) is 2. The molecule has 1 N–H and O–H groups in total. The fourth-order valence-corrected chi connectivity index (χ4v) is 2.14. The van der Waals surface area contributed by atoms with Crippen LogP contribution < -0.4 is 0 Å². The lowest BCUT2D eigenvalue weighted by atomic mass is 10.1. The van der Waals surface area contributed by atoms with Gasteiger partial charge in [-0.2, -0.15) is 0 Å². The Labute approximate surface area is 104 Å². The molecule has 1 fully saturated rings. The number of hydrogen-bond donors (Lipinski definition) is 1. The summed E-state index contributed by atoms with van der Waals surface area (Å²) in [5.41, 5.74) is 1.33. The fourth-order valence-electron chi connectivity index (χ4n) is 2.14. The first-order chi connectivity index (χ1) is 8.25. The fraction of sp³-hybridized carbons (Fsp3) is 0.500. The molecule has 92 valence electrons. The number of piperazine rings is 1. The molecule has 0 atom stereocenters. The molecule has 0 saturated carbocycles. The van der Waals surface area contributed by atoms with Crippen LogP contribution in [0, 0.1) is 5.41 Å². The first kappa shape index (κ1) is 12.1. The molecule has 0 aromatic heterocycles. The molecule has 1 saturated heterocycles. The van der Waals surface area contributed by atoms with Crippen molar-refractivity contribution in [3.8, 4) is 0 Å². The molecule has 17 heavy (non-hydrogen) atoms. The molecule has 0 unspecified atom stereocenters. The second-order valence-corrected chi connectivity index (χ2v) is 4.72. The predicted molar refractivity (Wildman–Crippen MR) is 71.6 cm³/mol. The maximum Gasteiger partial charge on any atom is 0.0961 e. The summed E-state index contributed by atoms with van der Waals surface area (Å²) in [6.07, 6.45) is 1.83. The number of benzene rings is 1.